The van der Waals surface area contributed by atoms with Crippen LogP contribution in [0.3, 0.4) is 0 Å². The number of amides is 2. The van der Waals surface area contributed by atoms with Crippen LogP contribution >= 0.6 is 0 Å². The molecular weight excluding hydrogens is 364 g/mol. The molecule has 6 nitrogen and oxygen atoms in total. The van der Waals surface area contributed by atoms with Crippen molar-refractivity contribution in [1.82, 2.24) is 20.4 Å². The fraction of sp³-hybridized carbons (Fsp3) is 0.261. The highest BCUT2D eigenvalue weighted by Gasteiger charge is 2.14. The molecule has 150 valence electrons. The second kappa shape index (κ2) is 8.73. The van der Waals surface area contributed by atoms with E-state index in [4.69, 9.17) is 0 Å². The Kier molecular flexibility index (Phi) is 6.12. The Balaban J connectivity index is 1.46. The van der Waals surface area contributed by atoms with Crippen LogP contribution < -0.4 is 10.6 Å². The first-order valence-electron chi connectivity index (χ1n) is 9.57. The van der Waals surface area contributed by atoms with Gasteiger partial charge in [-0.2, -0.15) is 5.10 Å². The molecule has 3 rings (SSSR count). The number of carbonyl (C=O) groups is 2. The van der Waals surface area contributed by atoms with Crippen LogP contribution in [-0.2, 0) is 16.8 Å². The third kappa shape index (κ3) is 5.54. The summed E-state index contributed by atoms with van der Waals surface area (Å²) in [4.78, 5) is 24.3. The van der Waals surface area contributed by atoms with E-state index < -0.39 is 0 Å². The third-order valence-electron chi connectivity index (χ3n) is 4.57. The van der Waals surface area contributed by atoms with Gasteiger partial charge in [0.15, 0.2) is 0 Å². The van der Waals surface area contributed by atoms with E-state index in [1.54, 1.807) is 23.0 Å². The van der Waals surface area contributed by atoms with Crippen molar-refractivity contribution in [2.45, 2.75) is 32.7 Å². The zero-order chi connectivity index (χ0) is 20.9. The van der Waals surface area contributed by atoms with Gasteiger partial charge >= 0.3 is 0 Å². The van der Waals surface area contributed by atoms with Crippen LogP contribution in [0.1, 0.15) is 42.3 Å². The Hall–Kier alpha value is -3.41. The van der Waals surface area contributed by atoms with E-state index in [0.29, 0.717) is 12.1 Å². The lowest BCUT2D eigenvalue weighted by atomic mass is 9.87. The van der Waals surface area contributed by atoms with E-state index in [-0.39, 0.29) is 23.8 Å². The second-order valence-electron chi connectivity index (χ2n) is 7.92. The summed E-state index contributed by atoms with van der Waals surface area (Å²) in [5, 5.41) is 9.74. The highest BCUT2D eigenvalue weighted by Crippen LogP contribution is 2.22. The van der Waals surface area contributed by atoms with Crippen molar-refractivity contribution < 1.29 is 9.59 Å². The maximum Gasteiger partial charge on any atom is 0.251 e. The molecule has 0 atom stereocenters. The zero-order valence-corrected chi connectivity index (χ0v) is 17.0. The SMILES string of the molecule is CC(C)(C)c1ccc(C(=O)NCC(=O)NCc2cnn(-c3ccccc3)c2)cc1. The Labute approximate surface area is 170 Å². The van der Waals surface area contributed by atoms with E-state index in [1.807, 2.05) is 48.7 Å². The molecule has 1 aromatic heterocycles. The standard InChI is InChI=1S/C23H26N4O2/c1-23(2,3)19-11-9-18(10-12-19)22(29)25-15-21(28)24-13-17-14-26-27(16-17)20-7-5-4-6-8-20/h4-12,14,16H,13,15H2,1-3H3,(H,24,28)(H,25,29). The molecule has 0 radical (unpaired) electrons. The van der Waals surface area contributed by atoms with E-state index in [0.717, 1.165) is 16.8 Å². The van der Waals surface area contributed by atoms with Gasteiger partial charge in [0.1, 0.15) is 0 Å². The number of nitrogens with zero attached hydrogens (tertiary/aromatic N) is 2. The van der Waals surface area contributed by atoms with Crippen LogP contribution in [0.5, 0.6) is 0 Å². The Bertz CT molecular complexity index is 970. The number of para-hydroxylation sites is 1. The lowest BCUT2D eigenvalue weighted by Gasteiger charge is -2.19. The fourth-order valence-electron chi connectivity index (χ4n) is 2.82. The number of aromatic nitrogens is 2. The molecule has 3 aromatic rings. The maximum absolute atomic E-state index is 12.2. The summed E-state index contributed by atoms with van der Waals surface area (Å²) in [5.74, 6) is -0.519. The Morgan fingerprint density at radius 2 is 1.66 bits per heavy atom. The number of benzene rings is 2. The molecule has 2 amide bonds. The summed E-state index contributed by atoms with van der Waals surface area (Å²) < 4.78 is 1.75. The van der Waals surface area contributed by atoms with Crippen LogP contribution in [0.2, 0.25) is 0 Å². The van der Waals surface area contributed by atoms with Gasteiger partial charge in [-0.3, -0.25) is 9.59 Å². The van der Waals surface area contributed by atoms with E-state index in [9.17, 15) is 9.59 Å². The topological polar surface area (TPSA) is 76.0 Å². The first kappa shape index (κ1) is 20.3. The molecule has 0 saturated carbocycles. The molecule has 0 aliphatic heterocycles. The smallest absolute Gasteiger partial charge is 0.251 e. The summed E-state index contributed by atoms with van der Waals surface area (Å²) in [5.41, 5.74) is 3.56. The highest BCUT2D eigenvalue weighted by atomic mass is 16.2. The molecule has 0 bridgehead atoms. The minimum Gasteiger partial charge on any atom is -0.350 e. The van der Waals surface area contributed by atoms with Gasteiger partial charge in [0.05, 0.1) is 18.4 Å². The lowest BCUT2D eigenvalue weighted by molar-refractivity contribution is -0.120. The molecular formula is C23H26N4O2. The van der Waals surface area contributed by atoms with Crippen molar-refractivity contribution in [3.8, 4) is 5.69 Å². The Morgan fingerprint density at radius 3 is 2.31 bits per heavy atom. The van der Waals surface area contributed by atoms with Gasteiger partial charge in [0.25, 0.3) is 5.91 Å². The van der Waals surface area contributed by atoms with Crippen molar-refractivity contribution in [2.75, 3.05) is 6.54 Å². The van der Waals surface area contributed by atoms with Gasteiger partial charge in [0, 0.05) is 23.9 Å². The second-order valence-corrected chi connectivity index (χ2v) is 7.92. The van der Waals surface area contributed by atoms with Crippen LogP contribution in [-0.4, -0.2) is 28.1 Å². The molecule has 29 heavy (non-hydrogen) atoms. The fourth-order valence-corrected chi connectivity index (χ4v) is 2.82. The van der Waals surface area contributed by atoms with Gasteiger partial charge in [0.2, 0.25) is 5.91 Å². The van der Waals surface area contributed by atoms with E-state index >= 15 is 0 Å². The van der Waals surface area contributed by atoms with Crippen LogP contribution in [0.4, 0.5) is 0 Å². The molecule has 0 spiro atoms. The van der Waals surface area contributed by atoms with Crippen LogP contribution in [0.25, 0.3) is 5.69 Å². The summed E-state index contributed by atoms with van der Waals surface area (Å²) >= 11 is 0. The van der Waals surface area contributed by atoms with E-state index in [2.05, 4.69) is 36.5 Å². The maximum atomic E-state index is 12.2. The van der Waals surface area contributed by atoms with Gasteiger partial charge < -0.3 is 10.6 Å². The van der Waals surface area contributed by atoms with Gasteiger partial charge in [-0.25, -0.2) is 4.68 Å². The van der Waals surface area contributed by atoms with Crippen LogP contribution in [0.15, 0.2) is 67.0 Å². The molecule has 1 heterocycles. The van der Waals surface area contributed by atoms with Crippen molar-refractivity contribution in [3.05, 3.63) is 83.7 Å². The molecule has 2 N–H and O–H groups in total. The number of carbonyl (C=O) groups excluding carboxylic acids is 2. The zero-order valence-electron chi connectivity index (χ0n) is 17.0. The average Bonchev–Trinajstić information content (AvgIpc) is 3.20. The molecule has 0 aliphatic carbocycles. The van der Waals surface area contributed by atoms with Gasteiger partial charge in [-0.15, -0.1) is 0 Å². The summed E-state index contributed by atoms with van der Waals surface area (Å²) in [6, 6.07) is 17.2. The summed E-state index contributed by atoms with van der Waals surface area (Å²) in [7, 11) is 0. The third-order valence-corrected chi connectivity index (χ3v) is 4.57. The average molecular weight is 390 g/mol. The first-order chi connectivity index (χ1) is 13.8. The van der Waals surface area contributed by atoms with Gasteiger partial charge in [-0.05, 0) is 35.2 Å². The summed E-state index contributed by atoms with van der Waals surface area (Å²) in [6.07, 6.45) is 3.58. The van der Waals surface area contributed by atoms with E-state index in [1.165, 1.54) is 0 Å². The number of hydrogen-bond acceptors (Lipinski definition) is 3. The molecule has 0 unspecified atom stereocenters. The van der Waals surface area contributed by atoms with Crippen molar-refractivity contribution >= 4 is 11.8 Å². The van der Waals surface area contributed by atoms with Crippen molar-refractivity contribution in [1.29, 1.82) is 0 Å². The monoisotopic (exact) mass is 390 g/mol. The molecule has 0 fully saturated rings. The predicted molar refractivity (Wildman–Crippen MR) is 113 cm³/mol. The molecule has 0 aliphatic rings. The normalized spacial score (nSPS) is 11.1. The van der Waals surface area contributed by atoms with Crippen LogP contribution in [0, 0.1) is 0 Å². The summed E-state index contributed by atoms with van der Waals surface area (Å²) in [6.45, 7) is 6.64. The largest absolute Gasteiger partial charge is 0.350 e. The number of hydrogen-bond donors (Lipinski definition) is 2. The number of rotatable bonds is 6. The minimum atomic E-state index is -0.266. The highest BCUT2D eigenvalue weighted by molar-refractivity contribution is 5.96. The molecule has 2 aromatic carbocycles. The molecule has 6 heteroatoms. The van der Waals surface area contributed by atoms with Crippen molar-refractivity contribution in [2.24, 2.45) is 0 Å². The minimum absolute atomic E-state index is 0.0310. The lowest BCUT2D eigenvalue weighted by Crippen LogP contribution is -2.36. The Morgan fingerprint density at radius 1 is 0.966 bits per heavy atom. The first-order valence-corrected chi connectivity index (χ1v) is 9.57. The van der Waals surface area contributed by atoms with Crippen molar-refractivity contribution in [3.63, 3.8) is 0 Å². The predicted octanol–water partition coefficient (Wildman–Crippen LogP) is 3.22. The van der Waals surface area contributed by atoms with Gasteiger partial charge in [-0.1, -0.05) is 51.1 Å². The molecule has 0 saturated heterocycles. The number of nitrogens with one attached hydrogen (secondary N) is 2. The quantitative estimate of drug-likeness (QED) is 0.679.